The van der Waals surface area contributed by atoms with E-state index in [1.54, 1.807) is 11.3 Å². The Balaban J connectivity index is 1.40. The molecular formula is C27H26ClF2N5OS. The highest BCUT2D eigenvalue weighted by Crippen LogP contribution is 2.44. The Hall–Kier alpha value is -2.88. The van der Waals surface area contributed by atoms with Crippen molar-refractivity contribution < 1.29 is 8.78 Å². The summed E-state index contributed by atoms with van der Waals surface area (Å²) in [6.07, 6.45) is 3.40. The zero-order valence-corrected chi connectivity index (χ0v) is 21.7. The fourth-order valence-corrected chi connectivity index (χ4v) is 6.88. The first-order chi connectivity index (χ1) is 18.0. The molecule has 4 aromatic rings. The van der Waals surface area contributed by atoms with Crippen LogP contribution >= 0.6 is 22.9 Å². The van der Waals surface area contributed by atoms with Gasteiger partial charge in [-0.05, 0) is 61.2 Å². The fraction of sp³-hybridized carbons (Fsp3) is 0.370. The number of anilines is 1. The van der Waals surface area contributed by atoms with E-state index in [2.05, 4.69) is 32.4 Å². The monoisotopic (exact) mass is 541 g/mol. The van der Waals surface area contributed by atoms with Crippen LogP contribution in [0.4, 0.5) is 14.5 Å². The number of pyridine rings is 1. The Bertz CT molecular complexity index is 1510. The van der Waals surface area contributed by atoms with Crippen LogP contribution in [0.1, 0.15) is 28.8 Å². The third-order valence-corrected chi connectivity index (χ3v) is 8.50. The van der Waals surface area contributed by atoms with Crippen molar-refractivity contribution in [3.8, 4) is 11.1 Å². The van der Waals surface area contributed by atoms with Crippen LogP contribution in [-0.2, 0) is 19.4 Å². The molecule has 6 nitrogen and oxygen atoms in total. The lowest BCUT2D eigenvalue weighted by Crippen LogP contribution is -2.40. The molecule has 1 saturated heterocycles. The number of aromatic nitrogens is 3. The van der Waals surface area contributed by atoms with Crippen molar-refractivity contribution in [3.05, 3.63) is 74.1 Å². The SMILES string of the molecule is O=c1cc(CC(F)F)cnn1Cc1cc2nccc(-c3cc(Cl)cc4c3N(C3CCNC3)CCC4)c2s1. The quantitative estimate of drug-likeness (QED) is 0.366. The predicted molar refractivity (Wildman–Crippen MR) is 144 cm³/mol. The van der Waals surface area contributed by atoms with Crippen LogP contribution in [0.5, 0.6) is 0 Å². The molecule has 6 rings (SSSR count). The van der Waals surface area contributed by atoms with Crippen LogP contribution in [0.2, 0.25) is 5.02 Å². The lowest BCUT2D eigenvalue weighted by molar-refractivity contribution is 0.149. The van der Waals surface area contributed by atoms with E-state index in [9.17, 15) is 13.6 Å². The summed E-state index contributed by atoms with van der Waals surface area (Å²) in [5, 5.41) is 8.35. The van der Waals surface area contributed by atoms with Gasteiger partial charge in [-0.25, -0.2) is 13.5 Å². The van der Waals surface area contributed by atoms with Gasteiger partial charge in [0.2, 0.25) is 6.43 Å². The maximum atomic E-state index is 12.7. The number of nitrogens with one attached hydrogen (secondary N) is 1. The molecule has 1 fully saturated rings. The number of fused-ring (bicyclic) bond motifs is 2. The van der Waals surface area contributed by atoms with Crippen molar-refractivity contribution in [2.45, 2.75) is 44.7 Å². The van der Waals surface area contributed by atoms with Crippen molar-refractivity contribution in [2.75, 3.05) is 24.5 Å². The smallest absolute Gasteiger partial charge is 0.267 e. The third kappa shape index (κ3) is 4.87. The highest BCUT2D eigenvalue weighted by molar-refractivity contribution is 7.19. The number of aryl methyl sites for hydroxylation is 1. The second kappa shape index (κ2) is 10.1. The van der Waals surface area contributed by atoms with Crippen molar-refractivity contribution in [2.24, 2.45) is 0 Å². The molecule has 0 saturated carbocycles. The molecule has 2 aliphatic rings. The summed E-state index contributed by atoms with van der Waals surface area (Å²) in [6.45, 7) is 3.29. The van der Waals surface area contributed by atoms with Gasteiger partial charge in [-0.2, -0.15) is 5.10 Å². The summed E-state index contributed by atoms with van der Waals surface area (Å²) < 4.78 is 27.7. The first-order valence-electron chi connectivity index (χ1n) is 12.5. The van der Waals surface area contributed by atoms with Crippen LogP contribution < -0.4 is 15.8 Å². The Labute approximate surface area is 221 Å². The highest BCUT2D eigenvalue weighted by Gasteiger charge is 2.30. The van der Waals surface area contributed by atoms with E-state index in [0.717, 1.165) is 70.1 Å². The summed E-state index contributed by atoms with van der Waals surface area (Å²) in [5.74, 6) is 0. The zero-order chi connectivity index (χ0) is 25.5. The number of hydrogen-bond acceptors (Lipinski definition) is 6. The number of thiophene rings is 1. The van der Waals surface area contributed by atoms with Crippen LogP contribution in [0.25, 0.3) is 21.3 Å². The van der Waals surface area contributed by atoms with Gasteiger partial charge in [0.1, 0.15) is 0 Å². The van der Waals surface area contributed by atoms with E-state index in [1.165, 1.54) is 28.2 Å². The van der Waals surface area contributed by atoms with Gasteiger partial charge in [-0.1, -0.05) is 11.6 Å². The van der Waals surface area contributed by atoms with E-state index in [4.69, 9.17) is 11.6 Å². The summed E-state index contributed by atoms with van der Waals surface area (Å²) in [6, 6.07) is 9.87. The van der Waals surface area contributed by atoms with Crippen molar-refractivity contribution >= 4 is 38.8 Å². The highest BCUT2D eigenvalue weighted by atomic mass is 35.5. The minimum Gasteiger partial charge on any atom is -0.366 e. The Morgan fingerprint density at radius 2 is 2.11 bits per heavy atom. The second-order valence-corrected chi connectivity index (χ2v) is 11.2. The van der Waals surface area contributed by atoms with E-state index >= 15 is 0 Å². The normalized spacial score (nSPS) is 17.6. The zero-order valence-electron chi connectivity index (χ0n) is 20.1. The molecule has 0 bridgehead atoms. The van der Waals surface area contributed by atoms with Gasteiger partial charge in [0, 0.05) is 64.5 Å². The average Bonchev–Trinajstić information content (AvgIpc) is 3.54. The second-order valence-electron chi connectivity index (χ2n) is 9.65. The summed E-state index contributed by atoms with van der Waals surface area (Å²) in [5.41, 5.74) is 5.42. The van der Waals surface area contributed by atoms with Crippen molar-refractivity contribution in [3.63, 3.8) is 0 Å². The topological polar surface area (TPSA) is 63.1 Å². The average molecular weight is 542 g/mol. The molecule has 1 N–H and O–H groups in total. The molecular weight excluding hydrogens is 516 g/mol. The molecule has 37 heavy (non-hydrogen) atoms. The van der Waals surface area contributed by atoms with Gasteiger partial charge in [0.25, 0.3) is 5.56 Å². The molecule has 192 valence electrons. The maximum absolute atomic E-state index is 12.7. The summed E-state index contributed by atoms with van der Waals surface area (Å²) in [4.78, 5) is 20.6. The molecule has 3 aromatic heterocycles. The van der Waals surface area contributed by atoms with Crippen LogP contribution in [0.3, 0.4) is 0 Å². The van der Waals surface area contributed by atoms with E-state index in [1.807, 2.05) is 18.3 Å². The first kappa shape index (κ1) is 24.5. The number of rotatable bonds is 6. The number of halogens is 3. The molecule has 1 aromatic carbocycles. The summed E-state index contributed by atoms with van der Waals surface area (Å²) in [7, 11) is 0. The molecule has 1 unspecified atom stereocenters. The van der Waals surface area contributed by atoms with Gasteiger partial charge >= 0.3 is 0 Å². The molecule has 0 spiro atoms. The molecule has 5 heterocycles. The minimum absolute atomic E-state index is 0.240. The lowest BCUT2D eigenvalue weighted by atomic mass is 9.92. The molecule has 1 atom stereocenters. The van der Waals surface area contributed by atoms with Crippen LogP contribution in [-0.4, -0.2) is 46.9 Å². The molecule has 2 aliphatic heterocycles. The third-order valence-electron chi connectivity index (χ3n) is 7.14. The Kier molecular flexibility index (Phi) is 6.69. The van der Waals surface area contributed by atoms with E-state index in [0.29, 0.717) is 6.04 Å². The van der Waals surface area contributed by atoms with Crippen molar-refractivity contribution in [1.29, 1.82) is 0 Å². The predicted octanol–water partition coefficient (Wildman–Crippen LogP) is 5.14. The molecule has 10 heteroatoms. The Morgan fingerprint density at radius 1 is 1.22 bits per heavy atom. The number of benzene rings is 1. The molecule has 0 amide bonds. The Morgan fingerprint density at radius 3 is 2.89 bits per heavy atom. The first-order valence-corrected chi connectivity index (χ1v) is 13.7. The van der Waals surface area contributed by atoms with Gasteiger partial charge in [-0.15, -0.1) is 11.3 Å². The van der Waals surface area contributed by atoms with Gasteiger partial charge in [0.15, 0.2) is 0 Å². The fourth-order valence-electron chi connectivity index (χ4n) is 5.52. The minimum atomic E-state index is -2.51. The summed E-state index contributed by atoms with van der Waals surface area (Å²) >= 11 is 8.20. The van der Waals surface area contributed by atoms with Crippen LogP contribution in [0.15, 0.2) is 47.5 Å². The molecule has 0 aliphatic carbocycles. The standard InChI is InChI=1S/C27H26ClF2N5OS/c28-18-10-17-2-1-7-34(19-3-5-31-14-19)26(17)22(11-18)21-4-6-32-23-12-20(37-27(21)23)15-35-25(36)9-16(13-33-35)8-24(29)30/h4,6,9-13,19,24,31H,1-3,5,7-8,14-15H2. The number of nitrogens with zero attached hydrogens (tertiary/aromatic N) is 4. The van der Waals surface area contributed by atoms with Gasteiger partial charge < -0.3 is 10.2 Å². The maximum Gasteiger partial charge on any atom is 0.267 e. The number of hydrogen-bond donors (Lipinski definition) is 1. The van der Waals surface area contributed by atoms with E-state index < -0.39 is 18.4 Å². The van der Waals surface area contributed by atoms with Gasteiger partial charge in [0.05, 0.1) is 23.0 Å². The van der Waals surface area contributed by atoms with Crippen molar-refractivity contribution in [1.82, 2.24) is 20.1 Å². The largest absolute Gasteiger partial charge is 0.366 e. The number of alkyl halides is 2. The lowest BCUT2D eigenvalue weighted by Gasteiger charge is -2.38. The van der Waals surface area contributed by atoms with Gasteiger partial charge in [-0.3, -0.25) is 9.78 Å². The van der Waals surface area contributed by atoms with E-state index in [-0.39, 0.29) is 12.1 Å². The van der Waals surface area contributed by atoms with Crippen LogP contribution in [0, 0.1) is 0 Å². The molecule has 0 radical (unpaired) electrons.